The van der Waals surface area contributed by atoms with Crippen molar-refractivity contribution in [3.63, 3.8) is 0 Å². The van der Waals surface area contributed by atoms with E-state index in [9.17, 15) is 0 Å². The maximum Gasteiger partial charge on any atom is 0.192 e. The molecule has 2 nitrogen and oxygen atoms in total. The van der Waals surface area contributed by atoms with E-state index >= 15 is 0 Å². The van der Waals surface area contributed by atoms with Gasteiger partial charge in [0.05, 0.1) is 6.10 Å². The van der Waals surface area contributed by atoms with E-state index in [4.69, 9.17) is 15.3 Å². The van der Waals surface area contributed by atoms with Crippen molar-refractivity contribution < 1.29 is 8.85 Å². The van der Waals surface area contributed by atoms with E-state index in [1.165, 1.54) is 18.1 Å². The summed E-state index contributed by atoms with van der Waals surface area (Å²) in [6.45, 7) is 23.7. The fourth-order valence-electron chi connectivity index (χ4n) is 2.94. The Morgan fingerprint density at radius 3 is 1.85 bits per heavy atom. The van der Waals surface area contributed by atoms with Crippen molar-refractivity contribution in [3.05, 3.63) is 0 Å². The third-order valence-electron chi connectivity index (χ3n) is 6.63. The summed E-state index contributed by atoms with van der Waals surface area (Å²) in [6, 6.07) is 3.54. The predicted molar refractivity (Wildman–Crippen MR) is 122 cm³/mol. The molecule has 0 radical (unpaired) electrons. The first-order valence-corrected chi connectivity index (χ1v) is 16.1. The Morgan fingerprint density at radius 1 is 0.962 bits per heavy atom. The van der Waals surface area contributed by atoms with Gasteiger partial charge in [-0.05, 0) is 61.9 Å². The number of hydrogen-bond acceptors (Lipinski definition) is 2. The van der Waals surface area contributed by atoms with Gasteiger partial charge in [0.1, 0.15) is 0 Å². The van der Waals surface area contributed by atoms with Gasteiger partial charge in [0.15, 0.2) is 16.6 Å². The lowest BCUT2D eigenvalue weighted by molar-refractivity contribution is 0.129. The van der Waals surface area contributed by atoms with Gasteiger partial charge in [-0.15, -0.1) is 12.3 Å². The molecular formula is C22H46O2Si2. The molecule has 0 aliphatic carbocycles. The van der Waals surface area contributed by atoms with Crippen molar-refractivity contribution >= 4 is 16.6 Å². The van der Waals surface area contributed by atoms with Gasteiger partial charge >= 0.3 is 0 Å². The zero-order chi connectivity index (χ0) is 20.6. The average molecular weight is 399 g/mol. The molecule has 0 amide bonds. The molecule has 0 rings (SSSR count). The van der Waals surface area contributed by atoms with Crippen LogP contribution in [0.15, 0.2) is 0 Å². The maximum atomic E-state index is 6.75. The molecule has 0 N–H and O–H groups in total. The molecule has 0 aromatic carbocycles. The molecule has 0 aliphatic rings. The van der Waals surface area contributed by atoms with E-state index in [1.54, 1.807) is 0 Å². The lowest BCUT2D eigenvalue weighted by Crippen LogP contribution is -2.42. The second-order valence-electron chi connectivity index (χ2n) is 9.61. The van der Waals surface area contributed by atoms with Crippen molar-refractivity contribution in [2.24, 2.45) is 11.8 Å². The Kier molecular flexibility index (Phi) is 11.0. The van der Waals surface area contributed by atoms with Crippen molar-refractivity contribution in [1.29, 1.82) is 0 Å². The highest BCUT2D eigenvalue weighted by molar-refractivity contribution is 6.74. The van der Waals surface area contributed by atoms with Crippen molar-refractivity contribution in [3.8, 4) is 12.3 Å². The van der Waals surface area contributed by atoms with Crippen molar-refractivity contribution in [2.45, 2.75) is 111 Å². The quantitative estimate of drug-likeness (QED) is 0.258. The Hall–Kier alpha value is -0.0862. The smallest absolute Gasteiger partial charge is 0.192 e. The van der Waals surface area contributed by atoms with Crippen LogP contribution in [-0.4, -0.2) is 29.3 Å². The Morgan fingerprint density at radius 2 is 1.46 bits per heavy atom. The first kappa shape index (κ1) is 25.9. The normalized spacial score (nSPS) is 16.8. The molecule has 0 aromatic rings. The zero-order valence-electron chi connectivity index (χ0n) is 19.4. The molecule has 0 spiro atoms. The van der Waals surface area contributed by atoms with Crippen LogP contribution in [0.25, 0.3) is 0 Å². The van der Waals surface area contributed by atoms with Crippen LogP contribution < -0.4 is 0 Å². The van der Waals surface area contributed by atoms with Crippen LogP contribution in [0.4, 0.5) is 0 Å². The second-order valence-corrected chi connectivity index (χ2v) is 19.1. The monoisotopic (exact) mass is 398 g/mol. The van der Waals surface area contributed by atoms with Crippen LogP contribution in [-0.2, 0) is 8.85 Å². The molecule has 0 fully saturated rings. The molecule has 0 aliphatic heterocycles. The number of rotatable bonds is 12. The topological polar surface area (TPSA) is 18.5 Å². The number of terminal acetylenes is 1. The highest BCUT2D eigenvalue weighted by atomic mass is 28.4. The first-order valence-electron chi connectivity index (χ1n) is 10.7. The van der Waals surface area contributed by atoms with Crippen LogP contribution in [0.2, 0.25) is 36.3 Å². The Labute approximate surface area is 167 Å². The van der Waals surface area contributed by atoms with E-state index in [1.807, 2.05) is 0 Å². The van der Waals surface area contributed by atoms with Crippen LogP contribution in [0, 0.1) is 24.2 Å². The summed E-state index contributed by atoms with van der Waals surface area (Å²) in [6.07, 6.45) is 8.11. The fourth-order valence-corrected chi connectivity index (χ4v) is 7.04. The molecule has 4 heteroatoms. The summed E-state index contributed by atoms with van der Waals surface area (Å²) in [5.74, 6) is 3.66. The van der Waals surface area contributed by atoms with E-state index in [0.717, 1.165) is 19.4 Å². The van der Waals surface area contributed by atoms with E-state index in [0.29, 0.717) is 5.92 Å². The molecule has 0 bridgehead atoms. The average Bonchev–Trinajstić information content (AvgIpc) is 2.59. The highest BCUT2D eigenvalue weighted by Gasteiger charge is 2.37. The summed E-state index contributed by atoms with van der Waals surface area (Å²) in [5, 5.41) is 0.269. The zero-order valence-corrected chi connectivity index (χ0v) is 21.4. The van der Waals surface area contributed by atoms with E-state index < -0.39 is 16.6 Å². The van der Waals surface area contributed by atoms with Gasteiger partial charge in [0.2, 0.25) is 0 Å². The molecule has 154 valence electrons. The van der Waals surface area contributed by atoms with Crippen LogP contribution in [0.1, 0.15) is 68.2 Å². The van der Waals surface area contributed by atoms with Crippen LogP contribution in [0.3, 0.4) is 0 Å². The summed E-state index contributed by atoms with van der Waals surface area (Å²) >= 11 is 0. The van der Waals surface area contributed by atoms with Gasteiger partial charge in [-0.3, -0.25) is 0 Å². The third-order valence-corrected chi connectivity index (χ3v) is 15.8. The van der Waals surface area contributed by atoms with Crippen LogP contribution in [0.5, 0.6) is 0 Å². The van der Waals surface area contributed by atoms with Gasteiger partial charge in [-0.1, -0.05) is 48.5 Å². The van der Waals surface area contributed by atoms with Crippen molar-refractivity contribution in [2.75, 3.05) is 6.61 Å². The van der Waals surface area contributed by atoms with Gasteiger partial charge < -0.3 is 8.85 Å². The summed E-state index contributed by atoms with van der Waals surface area (Å²) in [7, 11) is -3.29. The standard InChI is InChI=1S/C22H46O2Si2/c1-12-20(6)21(24-26(13-2,14-3)15-4)17-16-19(5)18-23-25(10,11)22(7,8)9/h1,19-21H,13-18H2,2-11H3/t19-,20+,21-/m0/s1. The highest BCUT2D eigenvalue weighted by Crippen LogP contribution is 2.37. The van der Waals surface area contributed by atoms with E-state index in [-0.39, 0.29) is 17.1 Å². The van der Waals surface area contributed by atoms with Gasteiger partial charge in [0.25, 0.3) is 0 Å². The lowest BCUT2D eigenvalue weighted by atomic mass is 9.97. The number of hydrogen-bond donors (Lipinski definition) is 0. The predicted octanol–water partition coefficient (Wildman–Crippen LogP) is 7.08. The Bertz CT molecular complexity index is 422. The minimum absolute atomic E-state index is 0.181. The SMILES string of the molecule is C#C[C@@H](C)[C@H](CC[C@H](C)CO[Si](C)(C)C(C)(C)C)O[Si](CC)(CC)CC. The van der Waals surface area contributed by atoms with Gasteiger partial charge in [-0.25, -0.2) is 0 Å². The molecule has 0 saturated heterocycles. The fraction of sp³-hybridized carbons (Fsp3) is 0.909. The summed E-state index contributed by atoms with van der Waals surface area (Å²) in [4.78, 5) is 0. The van der Waals surface area contributed by atoms with Gasteiger partial charge in [0, 0.05) is 12.5 Å². The third kappa shape index (κ3) is 7.88. The minimum atomic E-state index is -1.66. The largest absolute Gasteiger partial charge is 0.417 e. The minimum Gasteiger partial charge on any atom is -0.417 e. The summed E-state index contributed by atoms with van der Waals surface area (Å²) < 4.78 is 13.2. The molecule has 3 atom stereocenters. The molecule has 0 unspecified atom stereocenters. The molecular weight excluding hydrogens is 352 g/mol. The summed E-state index contributed by atoms with van der Waals surface area (Å²) in [5.41, 5.74) is 0. The molecule has 26 heavy (non-hydrogen) atoms. The Balaban J connectivity index is 4.79. The first-order chi connectivity index (χ1) is 11.9. The van der Waals surface area contributed by atoms with Crippen LogP contribution >= 0.6 is 0 Å². The maximum absolute atomic E-state index is 6.75. The van der Waals surface area contributed by atoms with Gasteiger partial charge in [-0.2, -0.15) is 0 Å². The second kappa shape index (κ2) is 11.0. The molecule has 0 heterocycles. The molecule has 0 saturated carbocycles. The lowest BCUT2D eigenvalue weighted by Gasteiger charge is -2.37. The van der Waals surface area contributed by atoms with E-state index in [2.05, 4.69) is 74.4 Å². The van der Waals surface area contributed by atoms with Crippen molar-refractivity contribution in [1.82, 2.24) is 0 Å². The molecule has 0 aromatic heterocycles.